The van der Waals surface area contributed by atoms with Gasteiger partial charge in [0.2, 0.25) is 0 Å². The third kappa shape index (κ3) is 6.62. The molecule has 2 aromatic carbocycles. The summed E-state index contributed by atoms with van der Waals surface area (Å²) >= 11 is 0. The largest absolute Gasteiger partial charge is 0.483 e. The molecule has 0 saturated heterocycles. The second-order valence-corrected chi connectivity index (χ2v) is 6.42. The van der Waals surface area contributed by atoms with Crippen molar-refractivity contribution in [1.29, 1.82) is 0 Å². The number of ether oxygens (including phenoxy) is 1. The highest BCUT2D eigenvalue weighted by Crippen LogP contribution is 2.28. The van der Waals surface area contributed by atoms with Crippen molar-refractivity contribution in [3.63, 3.8) is 0 Å². The normalized spacial score (nSPS) is 11.8. The fraction of sp³-hybridized carbons (Fsp3) is 0.273. The van der Waals surface area contributed by atoms with Crippen LogP contribution in [0.3, 0.4) is 0 Å². The molecule has 0 saturated carbocycles. The van der Waals surface area contributed by atoms with Crippen molar-refractivity contribution in [2.75, 3.05) is 6.61 Å². The van der Waals surface area contributed by atoms with Gasteiger partial charge >= 0.3 is 0 Å². The van der Waals surface area contributed by atoms with Crippen LogP contribution in [0.5, 0.6) is 5.75 Å². The molecule has 142 valence electrons. The van der Waals surface area contributed by atoms with Crippen LogP contribution in [0.15, 0.2) is 54.6 Å². The fourth-order valence-corrected chi connectivity index (χ4v) is 2.44. The molecule has 1 atom stereocenters. The zero-order valence-electron chi connectivity index (χ0n) is 16.0. The first-order valence-electron chi connectivity index (χ1n) is 9.05. The highest BCUT2D eigenvalue weighted by molar-refractivity contribution is 5.93. The van der Waals surface area contributed by atoms with E-state index in [9.17, 15) is 9.59 Å². The monoisotopic (exact) mass is 366 g/mol. The van der Waals surface area contributed by atoms with Crippen molar-refractivity contribution < 1.29 is 14.3 Å². The lowest BCUT2D eigenvalue weighted by Crippen LogP contribution is -2.43. The number of hydrogen-bond acceptors (Lipinski definition) is 3. The van der Waals surface area contributed by atoms with E-state index in [0.717, 1.165) is 23.1 Å². The number of carbonyl (C=O) groups excluding carboxylic acids is 2. The summed E-state index contributed by atoms with van der Waals surface area (Å²) < 4.78 is 5.61. The highest BCUT2D eigenvalue weighted by Gasteiger charge is 2.11. The summed E-state index contributed by atoms with van der Waals surface area (Å²) in [6.07, 6.45) is 4.03. The Hall–Kier alpha value is -3.08. The molecule has 0 bridgehead atoms. The highest BCUT2D eigenvalue weighted by atomic mass is 16.5. The van der Waals surface area contributed by atoms with E-state index in [-0.39, 0.29) is 6.61 Å². The first-order chi connectivity index (χ1) is 13.0. The number of hydrazine groups is 1. The first kappa shape index (κ1) is 20.2. The van der Waals surface area contributed by atoms with E-state index in [4.69, 9.17) is 4.74 Å². The zero-order chi connectivity index (χ0) is 19.6. The predicted molar refractivity (Wildman–Crippen MR) is 107 cm³/mol. The van der Waals surface area contributed by atoms with Gasteiger partial charge in [0.1, 0.15) is 5.75 Å². The lowest BCUT2D eigenvalue weighted by Gasteiger charge is -2.15. The number of para-hydroxylation sites is 1. The van der Waals surface area contributed by atoms with Crippen LogP contribution in [0.4, 0.5) is 0 Å². The number of rotatable bonds is 7. The van der Waals surface area contributed by atoms with Gasteiger partial charge in [0.05, 0.1) is 0 Å². The minimum atomic E-state index is -0.425. The van der Waals surface area contributed by atoms with Gasteiger partial charge in [-0.25, -0.2) is 0 Å². The number of hydrogen-bond donors (Lipinski definition) is 2. The molecule has 0 aliphatic rings. The first-order valence-corrected chi connectivity index (χ1v) is 9.05. The van der Waals surface area contributed by atoms with E-state index in [0.29, 0.717) is 11.7 Å². The molecular weight excluding hydrogens is 340 g/mol. The third-order valence-electron chi connectivity index (χ3n) is 4.25. The summed E-state index contributed by atoms with van der Waals surface area (Å²) in [6, 6.07) is 15.4. The Kier molecular flexibility index (Phi) is 7.62. The Morgan fingerprint density at radius 1 is 1.07 bits per heavy atom. The van der Waals surface area contributed by atoms with Gasteiger partial charge in [0, 0.05) is 6.08 Å². The molecule has 0 heterocycles. The topological polar surface area (TPSA) is 67.4 Å². The molecule has 2 amide bonds. The number of benzene rings is 2. The Labute approximate surface area is 160 Å². The van der Waals surface area contributed by atoms with Crippen molar-refractivity contribution in [3.8, 4) is 5.75 Å². The van der Waals surface area contributed by atoms with Gasteiger partial charge in [-0.15, -0.1) is 0 Å². The molecule has 2 rings (SSSR count). The van der Waals surface area contributed by atoms with Crippen molar-refractivity contribution in [2.24, 2.45) is 0 Å². The minimum Gasteiger partial charge on any atom is -0.483 e. The van der Waals surface area contributed by atoms with Crippen molar-refractivity contribution in [3.05, 3.63) is 71.3 Å². The van der Waals surface area contributed by atoms with E-state index >= 15 is 0 Å². The number of nitrogens with one attached hydrogen (secondary N) is 2. The number of aryl methyl sites for hydroxylation is 1. The SMILES string of the molecule is CCC(C)c1ccccc1OCC(=O)NNC(=O)C=Cc1ccc(C)cc1. The van der Waals surface area contributed by atoms with E-state index < -0.39 is 11.8 Å². The summed E-state index contributed by atoms with van der Waals surface area (Å²) in [7, 11) is 0. The van der Waals surface area contributed by atoms with E-state index in [1.165, 1.54) is 6.08 Å². The number of carbonyl (C=O) groups is 2. The van der Waals surface area contributed by atoms with Crippen molar-refractivity contribution in [2.45, 2.75) is 33.1 Å². The average molecular weight is 366 g/mol. The maximum absolute atomic E-state index is 11.9. The smallest absolute Gasteiger partial charge is 0.276 e. The average Bonchev–Trinajstić information content (AvgIpc) is 2.69. The van der Waals surface area contributed by atoms with Gasteiger partial charge in [0.25, 0.3) is 11.8 Å². The maximum atomic E-state index is 11.9. The van der Waals surface area contributed by atoms with Gasteiger partial charge in [-0.1, -0.05) is 61.9 Å². The molecule has 0 aliphatic heterocycles. The van der Waals surface area contributed by atoms with E-state index in [2.05, 4.69) is 24.7 Å². The standard InChI is InChI=1S/C22H26N2O3/c1-4-17(3)19-7-5-6-8-20(19)27-15-22(26)24-23-21(25)14-13-18-11-9-16(2)10-12-18/h5-14,17H,4,15H2,1-3H3,(H,23,25)(H,24,26). The second kappa shape index (κ2) is 10.2. The van der Waals surface area contributed by atoms with Gasteiger partial charge in [0.15, 0.2) is 6.61 Å². The number of amides is 2. The molecule has 5 heteroatoms. The molecular formula is C22H26N2O3. The second-order valence-electron chi connectivity index (χ2n) is 6.42. The van der Waals surface area contributed by atoms with Crippen LogP contribution >= 0.6 is 0 Å². The molecule has 27 heavy (non-hydrogen) atoms. The van der Waals surface area contributed by atoms with Crippen LogP contribution < -0.4 is 15.6 Å². The van der Waals surface area contributed by atoms with Crippen molar-refractivity contribution in [1.82, 2.24) is 10.9 Å². The molecule has 0 aliphatic carbocycles. The summed E-state index contributed by atoms with van der Waals surface area (Å²) in [6.45, 7) is 6.05. The van der Waals surface area contributed by atoms with Crippen LogP contribution in [0.2, 0.25) is 0 Å². The Bertz CT molecular complexity index is 797. The molecule has 5 nitrogen and oxygen atoms in total. The molecule has 0 fully saturated rings. The molecule has 1 unspecified atom stereocenters. The fourth-order valence-electron chi connectivity index (χ4n) is 2.44. The predicted octanol–water partition coefficient (Wildman–Crippen LogP) is 3.75. The molecule has 2 N–H and O–H groups in total. The van der Waals surface area contributed by atoms with Crippen LogP contribution in [0, 0.1) is 6.92 Å². The van der Waals surface area contributed by atoms with E-state index in [1.807, 2.05) is 55.5 Å². The maximum Gasteiger partial charge on any atom is 0.276 e. The summed E-state index contributed by atoms with van der Waals surface area (Å²) in [4.78, 5) is 23.7. The Morgan fingerprint density at radius 2 is 1.78 bits per heavy atom. The van der Waals surface area contributed by atoms with Crippen molar-refractivity contribution >= 4 is 17.9 Å². The van der Waals surface area contributed by atoms with Gasteiger partial charge in [-0.05, 0) is 42.5 Å². The lowest BCUT2D eigenvalue weighted by atomic mass is 9.98. The molecule has 0 radical (unpaired) electrons. The quantitative estimate of drug-likeness (QED) is 0.579. The lowest BCUT2D eigenvalue weighted by molar-refractivity contribution is -0.128. The summed E-state index contributed by atoms with van der Waals surface area (Å²) in [5.41, 5.74) is 7.82. The van der Waals surface area contributed by atoms with E-state index in [1.54, 1.807) is 6.08 Å². The molecule has 0 spiro atoms. The van der Waals surface area contributed by atoms with Crippen LogP contribution in [0.1, 0.15) is 42.9 Å². The van der Waals surface area contributed by atoms with Gasteiger partial charge < -0.3 is 4.74 Å². The van der Waals surface area contributed by atoms with Crippen LogP contribution in [-0.2, 0) is 9.59 Å². The van der Waals surface area contributed by atoms with Gasteiger partial charge in [-0.2, -0.15) is 0 Å². The third-order valence-corrected chi connectivity index (χ3v) is 4.25. The van der Waals surface area contributed by atoms with Crippen LogP contribution in [0.25, 0.3) is 6.08 Å². The summed E-state index contributed by atoms with van der Waals surface area (Å²) in [5, 5.41) is 0. The Morgan fingerprint density at radius 3 is 2.48 bits per heavy atom. The van der Waals surface area contributed by atoms with Gasteiger partial charge in [-0.3, -0.25) is 20.4 Å². The molecule has 2 aromatic rings. The zero-order valence-corrected chi connectivity index (χ0v) is 16.0. The minimum absolute atomic E-state index is 0.171. The van der Waals surface area contributed by atoms with Crippen LogP contribution in [-0.4, -0.2) is 18.4 Å². The Balaban J connectivity index is 1.79. The molecule has 0 aromatic heterocycles. The summed E-state index contributed by atoms with van der Waals surface area (Å²) in [5.74, 6) is 0.193.